The summed E-state index contributed by atoms with van der Waals surface area (Å²) in [5.74, 6) is 0. The maximum Gasteiger partial charge on any atom is 0.0751 e. The lowest BCUT2D eigenvalue weighted by Gasteiger charge is -2.23. The van der Waals surface area contributed by atoms with Crippen LogP contribution >= 0.6 is 11.6 Å². The summed E-state index contributed by atoms with van der Waals surface area (Å²) in [6.07, 6.45) is 0.949. The second kappa shape index (κ2) is 5.10. The Morgan fingerprint density at radius 2 is 1.95 bits per heavy atom. The fraction of sp³-hybridized carbons (Fsp3) is 0.438. The molecule has 3 heteroatoms. The highest BCUT2D eigenvalue weighted by molar-refractivity contribution is 6.32. The van der Waals surface area contributed by atoms with E-state index in [9.17, 15) is 0 Å². The molecule has 0 saturated heterocycles. The fourth-order valence-electron chi connectivity index (χ4n) is 2.35. The molecule has 0 amide bonds. The minimum absolute atomic E-state index is 0.0915. The lowest BCUT2D eigenvalue weighted by Crippen LogP contribution is -2.26. The van der Waals surface area contributed by atoms with E-state index in [2.05, 4.69) is 31.0 Å². The van der Waals surface area contributed by atoms with Gasteiger partial charge in [0.15, 0.2) is 0 Å². The number of hydrogen-bond acceptors (Lipinski definition) is 2. The lowest BCUT2D eigenvalue weighted by atomic mass is 9.84. The van der Waals surface area contributed by atoms with E-state index in [1.807, 2.05) is 19.9 Å². The summed E-state index contributed by atoms with van der Waals surface area (Å²) >= 11 is 6.19. The zero-order valence-electron chi connectivity index (χ0n) is 12.0. The molecule has 2 aromatic rings. The van der Waals surface area contributed by atoms with Gasteiger partial charge in [-0.05, 0) is 55.5 Å². The van der Waals surface area contributed by atoms with Crippen LogP contribution in [0.25, 0.3) is 10.9 Å². The molecule has 0 aliphatic carbocycles. The Hall–Kier alpha value is -1.12. The van der Waals surface area contributed by atoms with Gasteiger partial charge in [-0.15, -0.1) is 0 Å². The predicted octanol–water partition coefficient (Wildman–Crippen LogP) is 4.03. The van der Waals surface area contributed by atoms with Crippen LogP contribution in [-0.4, -0.2) is 11.5 Å². The number of benzene rings is 1. The number of halogens is 1. The topological polar surface area (TPSA) is 38.9 Å². The van der Waals surface area contributed by atoms with Crippen molar-refractivity contribution in [1.29, 1.82) is 0 Å². The Morgan fingerprint density at radius 3 is 2.58 bits per heavy atom. The van der Waals surface area contributed by atoms with E-state index in [1.54, 1.807) is 0 Å². The van der Waals surface area contributed by atoms with E-state index < -0.39 is 0 Å². The van der Waals surface area contributed by atoms with Crippen LogP contribution in [0.1, 0.15) is 30.7 Å². The van der Waals surface area contributed by atoms with E-state index in [1.165, 1.54) is 10.9 Å². The summed E-state index contributed by atoms with van der Waals surface area (Å²) in [4.78, 5) is 4.64. The fourth-order valence-corrected chi connectivity index (χ4v) is 2.50. The summed E-state index contributed by atoms with van der Waals surface area (Å²) in [6.45, 7) is 9.10. The van der Waals surface area contributed by atoms with Crippen molar-refractivity contribution in [3.63, 3.8) is 0 Å². The molecule has 1 heterocycles. The Morgan fingerprint density at radius 1 is 1.26 bits per heavy atom. The Labute approximate surface area is 120 Å². The van der Waals surface area contributed by atoms with Gasteiger partial charge in [0.1, 0.15) is 0 Å². The summed E-state index contributed by atoms with van der Waals surface area (Å²) in [5.41, 5.74) is 10.3. The van der Waals surface area contributed by atoms with Crippen molar-refractivity contribution in [1.82, 2.24) is 4.98 Å². The second-order valence-corrected chi connectivity index (χ2v) is 6.44. The van der Waals surface area contributed by atoms with Crippen LogP contribution in [0.4, 0.5) is 0 Å². The maximum absolute atomic E-state index is 6.19. The first-order valence-corrected chi connectivity index (χ1v) is 6.97. The molecule has 2 nitrogen and oxygen atoms in total. The molecule has 1 aromatic carbocycles. The summed E-state index contributed by atoms with van der Waals surface area (Å²) < 4.78 is 0. The van der Waals surface area contributed by atoms with Crippen LogP contribution in [0.2, 0.25) is 5.02 Å². The van der Waals surface area contributed by atoms with Gasteiger partial charge in [0.25, 0.3) is 0 Å². The van der Waals surface area contributed by atoms with E-state index in [4.69, 9.17) is 17.3 Å². The first kappa shape index (κ1) is 14.3. The van der Waals surface area contributed by atoms with Gasteiger partial charge >= 0.3 is 0 Å². The van der Waals surface area contributed by atoms with Crippen molar-refractivity contribution >= 4 is 22.5 Å². The molecule has 102 valence electrons. The third-order valence-corrected chi connectivity index (χ3v) is 4.01. The molecule has 19 heavy (non-hydrogen) atoms. The zero-order chi connectivity index (χ0) is 14.2. The SMILES string of the molecule is Cc1cc(CC(C)(C)CN)c2ccc(Cl)c(C)c2n1. The molecule has 0 fully saturated rings. The first-order valence-electron chi connectivity index (χ1n) is 6.59. The molecule has 0 bridgehead atoms. The largest absolute Gasteiger partial charge is 0.330 e. The van der Waals surface area contributed by atoms with Crippen LogP contribution in [0.5, 0.6) is 0 Å². The Balaban J connectivity index is 2.65. The van der Waals surface area contributed by atoms with Crippen LogP contribution in [0.3, 0.4) is 0 Å². The minimum Gasteiger partial charge on any atom is -0.330 e. The third kappa shape index (κ3) is 2.90. The zero-order valence-corrected chi connectivity index (χ0v) is 12.8. The molecule has 0 aliphatic heterocycles. The monoisotopic (exact) mass is 276 g/mol. The van der Waals surface area contributed by atoms with Crippen molar-refractivity contribution in [3.05, 3.63) is 40.0 Å². The average Bonchev–Trinajstić information content (AvgIpc) is 2.34. The molecule has 2 N–H and O–H groups in total. The summed E-state index contributed by atoms with van der Waals surface area (Å²) in [7, 11) is 0. The van der Waals surface area contributed by atoms with Gasteiger partial charge in [0, 0.05) is 16.1 Å². The highest BCUT2D eigenvalue weighted by atomic mass is 35.5. The van der Waals surface area contributed by atoms with Gasteiger partial charge < -0.3 is 5.73 Å². The Bertz CT molecular complexity index is 618. The minimum atomic E-state index is 0.0915. The van der Waals surface area contributed by atoms with Gasteiger partial charge in [0.05, 0.1) is 5.52 Å². The van der Waals surface area contributed by atoms with E-state index in [0.29, 0.717) is 6.54 Å². The van der Waals surface area contributed by atoms with Crippen molar-refractivity contribution in [2.24, 2.45) is 11.1 Å². The molecule has 2 rings (SSSR count). The molecule has 0 saturated carbocycles. The van der Waals surface area contributed by atoms with Gasteiger partial charge in [-0.25, -0.2) is 0 Å². The number of aryl methyl sites for hydroxylation is 2. The molecule has 0 unspecified atom stereocenters. The number of aromatic nitrogens is 1. The number of hydrogen-bond donors (Lipinski definition) is 1. The van der Waals surface area contributed by atoms with E-state index in [0.717, 1.165) is 28.2 Å². The molecule has 0 atom stereocenters. The molecular formula is C16H21ClN2. The number of nitrogens with zero attached hydrogens (tertiary/aromatic N) is 1. The van der Waals surface area contributed by atoms with Crippen molar-refractivity contribution in [2.75, 3.05) is 6.54 Å². The quantitative estimate of drug-likeness (QED) is 0.919. The average molecular weight is 277 g/mol. The third-order valence-electron chi connectivity index (χ3n) is 3.60. The lowest BCUT2D eigenvalue weighted by molar-refractivity contribution is 0.378. The maximum atomic E-state index is 6.19. The van der Waals surface area contributed by atoms with Crippen molar-refractivity contribution < 1.29 is 0 Å². The highest BCUT2D eigenvalue weighted by Gasteiger charge is 2.19. The molecular weight excluding hydrogens is 256 g/mol. The molecule has 0 radical (unpaired) electrons. The van der Waals surface area contributed by atoms with Gasteiger partial charge in [-0.3, -0.25) is 4.98 Å². The number of pyridine rings is 1. The molecule has 1 aromatic heterocycles. The summed E-state index contributed by atoms with van der Waals surface area (Å²) in [5, 5.41) is 1.96. The second-order valence-electron chi connectivity index (χ2n) is 6.04. The summed E-state index contributed by atoms with van der Waals surface area (Å²) in [6, 6.07) is 6.18. The number of nitrogens with two attached hydrogens (primary N) is 1. The van der Waals surface area contributed by atoms with Gasteiger partial charge in [-0.2, -0.15) is 0 Å². The predicted molar refractivity (Wildman–Crippen MR) is 82.8 cm³/mol. The van der Waals surface area contributed by atoms with Crippen LogP contribution in [0, 0.1) is 19.3 Å². The smallest absolute Gasteiger partial charge is 0.0751 e. The van der Waals surface area contributed by atoms with Crippen molar-refractivity contribution in [2.45, 2.75) is 34.1 Å². The van der Waals surface area contributed by atoms with Crippen LogP contribution < -0.4 is 5.73 Å². The number of fused-ring (bicyclic) bond motifs is 1. The van der Waals surface area contributed by atoms with Crippen molar-refractivity contribution in [3.8, 4) is 0 Å². The Kier molecular flexibility index (Phi) is 3.84. The molecule has 0 spiro atoms. The van der Waals surface area contributed by atoms with Gasteiger partial charge in [-0.1, -0.05) is 31.5 Å². The van der Waals surface area contributed by atoms with Crippen LogP contribution in [0.15, 0.2) is 18.2 Å². The van der Waals surface area contributed by atoms with E-state index in [-0.39, 0.29) is 5.41 Å². The standard InChI is InChI=1S/C16H21ClN2/c1-10-7-12(8-16(3,4)9-18)13-5-6-14(17)11(2)15(13)19-10/h5-7H,8-9,18H2,1-4H3. The van der Waals surface area contributed by atoms with E-state index >= 15 is 0 Å². The van der Waals surface area contributed by atoms with Crippen LogP contribution in [-0.2, 0) is 6.42 Å². The first-order chi connectivity index (χ1) is 8.84. The highest BCUT2D eigenvalue weighted by Crippen LogP contribution is 2.30. The van der Waals surface area contributed by atoms with Gasteiger partial charge in [0.2, 0.25) is 0 Å². The normalized spacial score (nSPS) is 12.1. The number of rotatable bonds is 3. The molecule has 0 aliphatic rings.